The molecule has 0 aromatic heterocycles. The van der Waals surface area contributed by atoms with Crippen LogP contribution in [-0.4, -0.2) is 23.3 Å². The minimum atomic E-state index is -2.90. The van der Waals surface area contributed by atoms with Crippen molar-refractivity contribution in [2.75, 3.05) is 0 Å². The summed E-state index contributed by atoms with van der Waals surface area (Å²) in [6.45, 7) is -5.78. The van der Waals surface area contributed by atoms with Crippen LogP contribution < -0.4 is 9.47 Å². The highest BCUT2D eigenvalue weighted by atomic mass is 35.5. The monoisotopic (exact) mass is 598 g/mol. The molecule has 10 heteroatoms. The number of fused-ring (bicyclic) bond motifs is 1. The van der Waals surface area contributed by atoms with Gasteiger partial charge in [0.15, 0.2) is 5.17 Å². The van der Waals surface area contributed by atoms with Gasteiger partial charge in [0.2, 0.25) is 0 Å². The summed E-state index contributed by atoms with van der Waals surface area (Å²) in [6, 6.07) is 20.7. The van der Waals surface area contributed by atoms with Gasteiger partial charge < -0.3 is 14.4 Å². The molecule has 2 aliphatic heterocycles. The molecule has 0 saturated carbocycles. The van der Waals surface area contributed by atoms with Gasteiger partial charge in [0.1, 0.15) is 11.5 Å². The molecular weight excluding hydrogens is 576 g/mol. The maximum atomic E-state index is 12.8. The number of hydrogen-bond donors (Lipinski definition) is 0. The summed E-state index contributed by atoms with van der Waals surface area (Å²) in [5, 5.41) is 3.51. The molecule has 1 aliphatic carbocycles. The van der Waals surface area contributed by atoms with Crippen LogP contribution in [0.4, 0.5) is 17.6 Å². The molecule has 0 saturated heterocycles. The van der Waals surface area contributed by atoms with Crippen molar-refractivity contribution in [1.29, 1.82) is 0 Å². The van der Waals surface area contributed by atoms with E-state index in [0.29, 0.717) is 5.02 Å². The Morgan fingerprint density at radius 2 is 1.49 bits per heavy atom. The van der Waals surface area contributed by atoms with Crippen molar-refractivity contribution < 1.29 is 27.0 Å². The number of allylic oxidation sites excluding steroid dienone is 1. The molecule has 41 heavy (non-hydrogen) atoms. The normalized spacial score (nSPS) is 19.3. The van der Waals surface area contributed by atoms with E-state index in [1.165, 1.54) is 23.9 Å². The fraction of sp³-hybridized carbons (Fsp3) is 0.194. The van der Waals surface area contributed by atoms with Crippen LogP contribution in [0.15, 0.2) is 100 Å². The van der Waals surface area contributed by atoms with Crippen LogP contribution in [0.3, 0.4) is 0 Å². The zero-order valence-electron chi connectivity index (χ0n) is 21.4. The van der Waals surface area contributed by atoms with E-state index in [1.54, 1.807) is 24.3 Å². The number of halogens is 5. The van der Waals surface area contributed by atoms with E-state index in [1.807, 2.05) is 42.5 Å². The number of hydrogen-bond acceptors (Lipinski definition) is 5. The summed E-state index contributed by atoms with van der Waals surface area (Å²) < 4.78 is 59.9. The van der Waals surface area contributed by atoms with E-state index in [2.05, 4.69) is 19.8 Å². The van der Waals surface area contributed by atoms with Crippen molar-refractivity contribution >= 4 is 40.3 Å². The zero-order valence-corrected chi connectivity index (χ0v) is 23.0. The Balaban J connectivity index is 1.41. The standard InChI is InChI=1S/C31H23ClF4N2O2S/c32-22-10-6-19(7-11-22)26-17-41-31-37-27-21(16-18-4-12-23(13-5-18)39-29(33)34)2-1-3-25(27)28(38(26)31)20-8-14-24(15-9-20)40-30(35)36/h4-17,28-30H,1-3H2/b21-16+. The fourth-order valence-corrected chi connectivity index (χ4v) is 6.38. The summed E-state index contributed by atoms with van der Waals surface area (Å²) in [4.78, 5) is 7.31. The van der Waals surface area contributed by atoms with Crippen molar-refractivity contribution in [3.8, 4) is 11.5 Å². The first-order valence-corrected chi connectivity index (χ1v) is 14.2. The summed E-state index contributed by atoms with van der Waals surface area (Å²) in [7, 11) is 0. The van der Waals surface area contributed by atoms with Gasteiger partial charge in [0, 0.05) is 10.4 Å². The smallest absolute Gasteiger partial charge is 0.387 e. The van der Waals surface area contributed by atoms with Crippen LogP contribution in [0, 0.1) is 0 Å². The Labute approximate surface area is 243 Å². The molecular formula is C31H23ClF4N2O2S. The highest BCUT2D eigenvalue weighted by molar-refractivity contribution is 8.16. The predicted octanol–water partition coefficient (Wildman–Crippen LogP) is 9.52. The van der Waals surface area contributed by atoms with Gasteiger partial charge in [-0.15, -0.1) is 0 Å². The largest absolute Gasteiger partial charge is 0.435 e. The third kappa shape index (κ3) is 5.87. The Morgan fingerprint density at radius 3 is 2.12 bits per heavy atom. The van der Waals surface area contributed by atoms with Gasteiger partial charge in [0.25, 0.3) is 0 Å². The molecule has 4 nitrogen and oxygen atoms in total. The molecule has 0 amide bonds. The molecule has 3 aromatic carbocycles. The highest BCUT2D eigenvalue weighted by Gasteiger charge is 2.40. The van der Waals surface area contributed by atoms with Crippen molar-refractivity contribution in [2.24, 2.45) is 4.99 Å². The van der Waals surface area contributed by atoms with Gasteiger partial charge in [-0.3, -0.25) is 0 Å². The summed E-state index contributed by atoms with van der Waals surface area (Å²) in [5.41, 5.74) is 6.78. The van der Waals surface area contributed by atoms with Crippen molar-refractivity contribution in [3.05, 3.63) is 117 Å². The van der Waals surface area contributed by atoms with Crippen LogP contribution in [0.25, 0.3) is 11.8 Å². The van der Waals surface area contributed by atoms with Crippen LogP contribution in [0.5, 0.6) is 11.5 Å². The van der Waals surface area contributed by atoms with Crippen LogP contribution in [-0.2, 0) is 0 Å². The lowest BCUT2D eigenvalue weighted by molar-refractivity contribution is -0.0505. The average molecular weight is 599 g/mol. The van der Waals surface area contributed by atoms with Crippen molar-refractivity contribution in [2.45, 2.75) is 38.5 Å². The van der Waals surface area contributed by atoms with E-state index in [-0.39, 0.29) is 17.5 Å². The van der Waals surface area contributed by atoms with E-state index in [0.717, 1.165) is 63.7 Å². The van der Waals surface area contributed by atoms with Gasteiger partial charge in [-0.1, -0.05) is 59.8 Å². The molecule has 0 bridgehead atoms. The van der Waals surface area contributed by atoms with Gasteiger partial charge >= 0.3 is 13.2 Å². The van der Waals surface area contributed by atoms with Crippen LogP contribution in [0.1, 0.15) is 42.0 Å². The molecule has 3 aliphatic rings. The van der Waals surface area contributed by atoms with Crippen LogP contribution >= 0.6 is 23.4 Å². The summed E-state index contributed by atoms with van der Waals surface area (Å²) >= 11 is 7.68. The molecule has 0 fully saturated rings. The fourth-order valence-electron chi connectivity index (χ4n) is 5.33. The first-order chi connectivity index (χ1) is 19.9. The second-order valence-corrected chi connectivity index (χ2v) is 10.9. The maximum absolute atomic E-state index is 12.8. The molecule has 0 N–H and O–H groups in total. The number of alkyl halides is 4. The van der Waals surface area contributed by atoms with Gasteiger partial charge in [-0.05, 0) is 89.6 Å². The van der Waals surface area contributed by atoms with E-state index < -0.39 is 13.2 Å². The lowest BCUT2D eigenvalue weighted by Gasteiger charge is -2.40. The number of rotatable bonds is 7. The molecule has 1 unspecified atom stereocenters. The Kier molecular flexibility index (Phi) is 7.81. The summed E-state index contributed by atoms with van der Waals surface area (Å²) in [6.07, 6.45) is 4.54. The second-order valence-electron chi connectivity index (χ2n) is 9.59. The molecule has 6 rings (SSSR count). The first-order valence-electron chi connectivity index (χ1n) is 12.9. The predicted molar refractivity (Wildman–Crippen MR) is 154 cm³/mol. The van der Waals surface area contributed by atoms with Crippen molar-refractivity contribution in [1.82, 2.24) is 4.90 Å². The quantitative estimate of drug-likeness (QED) is 0.254. The van der Waals surface area contributed by atoms with Crippen LogP contribution in [0.2, 0.25) is 5.02 Å². The van der Waals surface area contributed by atoms with Gasteiger partial charge in [0.05, 0.1) is 17.4 Å². The number of nitrogens with zero attached hydrogens (tertiary/aromatic N) is 2. The first kappa shape index (κ1) is 27.5. The molecule has 0 radical (unpaired) electrons. The van der Waals surface area contributed by atoms with E-state index in [4.69, 9.17) is 16.6 Å². The average Bonchev–Trinajstić information content (AvgIpc) is 3.37. The Morgan fingerprint density at radius 1 is 0.854 bits per heavy atom. The minimum Gasteiger partial charge on any atom is -0.435 e. The SMILES string of the molecule is FC(F)Oc1ccc(/C=C2\CCCC3=C2N=C2SC=C(c4ccc(Cl)cc4)N2C3c2ccc(OC(F)F)cc2)cc1. The third-order valence-corrected chi connectivity index (χ3v) is 8.14. The van der Waals surface area contributed by atoms with Gasteiger partial charge in [-0.2, -0.15) is 17.6 Å². The van der Waals surface area contributed by atoms with Crippen molar-refractivity contribution in [3.63, 3.8) is 0 Å². The number of ether oxygens (including phenoxy) is 2. The maximum Gasteiger partial charge on any atom is 0.387 e. The third-order valence-electron chi connectivity index (χ3n) is 7.05. The molecule has 0 spiro atoms. The second kappa shape index (κ2) is 11.7. The number of thioether (sulfide) groups is 1. The number of benzene rings is 3. The van der Waals surface area contributed by atoms with E-state index in [9.17, 15) is 17.6 Å². The topological polar surface area (TPSA) is 34.1 Å². The summed E-state index contributed by atoms with van der Waals surface area (Å²) in [5.74, 6) is 0.192. The number of amidine groups is 1. The zero-order chi connectivity index (χ0) is 28.5. The lowest BCUT2D eigenvalue weighted by Crippen LogP contribution is -2.34. The molecule has 1 atom stereocenters. The molecule has 3 aromatic rings. The molecule has 210 valence electrons. The Hall–Kier alpha value is -3.69. The molecule has 2 heterocycles. The minimum absolute atomic E-state index is 0.0930. The highest BCUT2D eigenvalue weighted by Crippen LogP contribution is 2.51. The number of aliphatic imine (C=N–C) groups is 1. The van der Waals surface area contributed by atoms with E-state index >= 15 is 0 Å². The Bertz CT molecular complexity index is 1550. The van der Waals surface area contributed by atoms with Gasteiger partial charge in [-0.25, -0.2) is 4.99 Å². The lowest BCUT2D eigenvalue weighted by atomic mass is 9.82.